The Morgan fingerprint density at radius 3 is 2.46 bits per heavy atom. The fourth-order valence-electron chi connectivity index (χ4n) is 2.13. The van der Waals surface area contributed by atoms with Crippen molar-refractivity contribution in [3.05, 3.63) is 54.1 Å². The molecule has 0 saturated heterocycles. The molecule has 0 amide bonds. The predicted octanol–water partition coefficient (Wildman–Crippen LogP) is 2.07. The molecule has 0 unspecified atom stereocenters. The Bertz CT molecular complexity index is 815. The highest BCUT2D eigenvalue weighted by Crippen LogP contribution is 2.22. The number of ether oxygens (including phenoxy) is 1. The maximum atomic E-state index is 11.4. The molecule has 2 aromatic carbocycles. The van der Waals surface area contributed by atoms with Crippen LogP contribution in [0.3, 0.4) is 0 Å². The minimum Gasteiger partial charge on any atom is -0.495 e. The molecule has 0 spiro atoms. The van der Waals surface area contributed by atoms with Crippen molar-refractivity contribution < 1.29 is 13.2 Å². The van der Waals surface area contributed by atoms with E-state index in [0.717, 1.165) is 11.3 Å². The minimum absolute atomic E-state index is 0.298. The van der Waals surface area contributed by atoms with Crippen molar-refractivity contribution in [2.45, 2.75) is 11.3 Å². The van der Waals surface area contributed by atoms with E-state index in [1.807, 2.05) is 24.3 Å². The zero-order valence-corrected chi connectivity index (χ0v) is 14.5. The SMILES string of the molecule is COc1ccccc1NC(N)=NCCc1ccc(S(C)(=O)=O)cc1. The molecule has 2 rings (SSSR count). The lowest BCUT2D eigenvalue weighted by atomic mass is 10.1. The standard InChI is InChI=1S/C17H21N3O3S/c1-23-16-6-4-3-5-15(16)20-17(18)19-12-11-13-7-9-14(10-8-13)24(2,21)22/h3-10H,11-12H2,1-2H3,(H3,18,19,20). The van der Waals surface area contributed by atoms with Crippen molar-refractivity contribution in [1.29, 1.82) is 0 Å². The third-order valence-corrected chi connectivity index (χ3v) is 4.53. The van der Waals surface area contributed by atoms with Gasteiger partial charge in [-0.15, -0.1) is 0 Å². The van der Waals surface area contributed by atoms with Crippen LogP contribution in [0.4, 0.5) is 5.69 Å². The maximum absolute atomic E-state index is 11.4. The van der Waals surface area contributed by atoms with Gasteiger partial charge in [0.25, 0.3) is 0 Å². The number of rotatable bonds is 6. The molecule has 6 nitrogen and oxygen atoms in total. The number of nitrogens with zero attached hydrogens (tertiary/aromatic N) is 1. The number of hydrogen-bond donors (Lipinski definition) is 2. The number of para-hydroxylation sites is 2. The van der Waals surface area contributed by atoms with Crippen LogP contribution in [0.15, 0.2) is 58.4 Å². The summed E-state index contributed by atoms with van der Waals surface area (Å²) in [5.74, 6) is 0.985. The lowest BCUT2D eigenvalue weighted by Gasteiger charge is -2.10. The summed E-state index contributed by atoms with van der Waals surface area (Å²) in [5, 5.41) is 3.00. The Hall–Kier alpha value is -2.54. The van der Waals surface area contributed by atoms with Gasteiger partial charge in [-0.3, -0.25) is 4.99 Å². The molecule has 0 saturated carbocycles. The number of nitrogens with one attached hydrogen (secondary N) is 1. The van der Waals surface area contributed by atoms with E-state index in [2.05, 4.69) is 10.3 Å². The Labute approximate surface area is 142 Å². The second-order valence-electron chi connectivity index (χ2n) is 5.26. The lowest BCUT2D eigenvalue weighted by Crippen LogP contribution is -2.23. The normalized spacial score (nSPS) is 12.0. The van der Waals surface area contributed by atoms with Gasteiger partial charge in [0, 0.05) is 12.8 Å². The van der Waals surface area contributed by atoms with Gasteiger partial charge >= 0.3 is 0 Å². The molecule has 7 heteroatoms. The number of benzene rings is 2. The van der Waals surface area contributed by atoms with Crippen LogP contribution in [-0.2, 0) is 16.3 Å². The molecule has 2 aromatic rings. The number of methoxy groups -OCH3 is 1. The summed E-state index contributed by atoms with van der Waals surface area (Å²) in [4.78, 5) is 4.58. The Kier molecular flexibility index (Phi) is 5.81. The van der Waals surface area contributed by atoms with Crippen LogP contribution in [0.1, 0.15) is 5.56 Å². The van der Waals surface area contributed by atoms with E-state index in [-0.39, 0.29) is 0 Å². The van der Waals surface area contributed by atoms with E-state index >= 15 is 0 Å². The summed E-state index contributed by atoms with van der Waals surface area (Å²) in [6, 6.07) is 14.2. The summed E-state index contributed by atoms with van der Waals surface area (Å²) in [6.07, 6.45) is 1.86. The van der Waals surface area contributed by atoms with Crippen molar-refractivity contribution in [1.82, 2.24) is 0 Å². The van der Waals surface area contributed by atoms with Gasteiger partial charge in [0.2, 0.25) is 0 Å². The third kappa shape index (κ3) is 4.99. The number of aliphatic imine (C=N–C) groups is 1. The molecule has 0 aromatic heterocycles. The van der Waals surface area contributed by atoms with Crippen LogP contribution in [0.25, 0.3) is 0 Å². The van der Waals surface area contributed by atoms with Crippen LogP contribution in [0.2, 0.25) is 0 Å². The van der Waals surface area contributed by atoms with E-state index in [4.69, 9.17) is 10.5 Å². The van der Waals surface area contributed by atoms with Gasteiger partial charge in [0.05, 0.1) is 17.7 Å². The van der Waals surface area contributed by atoms with Gasteiger partial charge < -0.3 is 15.8 Å². The Balaban J connectivity index is 1.93. The first-order valence-electron chi connectivity index (χ1n) is 7.39. The van der Waals surface area contributed by atoms with Gasteiger partial charge in [0.15, 0.2) is 15.8 Å². The van der Waals surface area contributed by atoms with Gasteiger partial charge in [-0.25, -0.2) is 8.42 Å². The molecule has 128 valence electrons. The second kappa shape index (κ2) is 7.83. The number of anilines is 1. The minimum atomic E-state index is -3.16. The molecule has 24 heavy (non-hydrogen) atoms. The number of guanidine groups is 1. The van der Waals surface area contributed by atoms with Crippen molar-refractivity contribution >= 4 is 21.5 Å². The molecule has 3 N–H and O–H groups in total. The predicted molar refractivity (Wildman–Crippen MR) is 96.4 cm³/mol. The van der Waals surface area contributed by atoms with Crippen molar-refractivity contribution in [2.75, 3.05) is 25.2 Å². The van der Waals surface area contributed by atoms with Gasteiger partial charge in [0.1, 0.15) is 5.75 Å². The van der Waals surface area contributed by atoms with Gasteiger partial charge in [-0.05, 0) is 36.2 Å². The summed E-state index contributed by atoms with van der Waals surface area (Å²) in [6.45, 7) is 0.492. The first kappa shape index (κ1) is 17.8. The van der Waals surface area contributed by atoms with Crippen molar-refractivity contribution in [2.24, 2.45) is 10.7 Å². The fraction of sp³-hybridized carbons (Fsp3) is 0.235. The van der Waals surface area contributed by atoms with Crippen LogP contribution in [0.5, 0.6) is 5.75 Å². The van der Waals surface area contributed by atoms with E-state index in [9.17, 15) is 8.42 Å². The number of nitrogens with two attached hydrogens (primary N) is 1. The Morgan fingerprint density at radius 1 is 1.17 bits per heavy atom. The molecule has 0 radical (unpaired) electrons. The van der Waals surface area contributed by atoms with Gasteiger partial charge in [-0.1, -0.05) is 24.3 Å². The first-order valence-corrected chi connectivity index (χ1v) is 9.28. The van der Waals surface area contributed by atoms with Crippen molar-refractivity contribution in [3.8, 4) is 5.75 Å². The topological polar surface area (TPSA) is 93.8 Å². The fourth-order valence-corrected chi connectivity index (χ4v) is 2.76. The van der Waals surface area contributed by atoms with E-state index in [1.165, 1.54) is 6.26 Å². The largest absolute Gasteiger partial charge is 0.495 e. The van der Waals surface area contributed by atoms with Crippen LogP contribution in [-0.4, -0.2) is 34.3 Å². The van der Waals surface area contributed by atoms with E-state index in [0.29, 0.717) is 29.6 Å². The third-order valence-electron chi connectivity index (χ3n) is 3.40. The molecule has 0 bridgehead atoms. The summed E-state index contributed by atoms with van der Waals surface area (Å²) in [5.41, 5.74) is 7.62. The molecule has 0 atom stereocenters. The summed E-state index contributed by atoms with van der Waals surface area (Å²) >= 11 is 0. The highest BCUT2D eigenvalue weighted by Gasteiger charge is 2.06. The average molecular weight is 347 g/mol. The zero-order valence-electron chi connectivity index (χ0n) is 13.7. The summed E-state index contributed by atoms with van der Waals surface area (Å²) in [7, 11) is -1.57. The molecule has 0 aliphatic carbocycles. The molecule has 0 aliphatic rings. The lowest BCUT2D eigenvalue weighted by molar-refractivity contribution is 0.417. The second-order valence-corrected chi connectivity index (χ2v) is 7.27. The zero-order chi connectivity index (χ0) is 17.6. The quantitative estimate of drug-likeness (QED) is 0.616. The van der Waals surface area contributed by atoms with Gasteiger partial charge in [-0.2, -0.15) is 0 Å². The molecule has 0 heterocycles. The van der Waals surface area contributed by atoms with Crippen LogP contribution < -0.4 is 15.8 Å². The average Bonchev–Trinajstić information content (AvgIpc) is 2.55. The summed E-state index contributed by atoms with van der Waals surface area (Å²) < 4.78 is 28.1. The van der Waals surface area contributed by atoms with E-state index < -0.39 is 9.84 Å². The van der Waals surface area contributed by atoms with E-state index in [1.54, 1.807) is 31.4 Å². The number of sulfone groups is 1. The number of hydrogen-bond acceptors (Lipinski definition) is 4. The Morgan fingerprint density at radius 2 is 1.83 bits per heavy atom. The van der Waals surface area contributed by atoms with Crippen LogP contribution in [0, 0.1) is 0 Å². The molecule has 0 fully saturated rings. The molecule has 0 aliphatic heterocycles. The maximum Gasteiger partial charge on any atom is 0.193 e. The first-order chi connectivity index (χ1) is 11.4. The monoisotopic (exact) mass is 347 g/mol. The van der Waals surface area contributed by atoms with Crippen molar-refractivity contribution in [3.63, 3.8) is 0 Å². The highest BCUT2D eigenvalue weighted by molar-refractivity contribution is 7.90. The molecular formula is C17H21N3O3S. The van der Waals surface area contributed by atoms with Crippen LogP contribution >= 0.6 is 0 Å². The highest BCUT2D eigenvalue weighted by atomic mass is 32.2. The smallest absolute Gasteiger partial charge is 0.193 e. The molecular weight excluding hydrogens is 326 g/mol.